The van der Waals surface area contributed by atoms with Gasteiger partial charge in [-0.25, -0.2) is 0 Å². The van der Waals surface area contributed by atoms with Crippen LogP contribution in [0.2, 0.25) is 0 Å². The molecule has 8 nitrogen and oxygen atoms in total. The van der Waals surface area contributed by atoms with E-state index in [4.69, 9.17) is 4.74 Å². The Morgan fingerprint density at radius 2 is 1.76 bits per heavy atom. The third-order valence-electron chi connectivity index (χ3n) is 3.94. The van der Waals surface area contributed by atoms with Crippen molar-refractivity contribution in [2.24, 2.45) is 7.05 Å². The minimum Gasteiger partial charge on any atom is -0.497 e. The summed E-state index contributed by atoms with van der Waals surface area (Å²) in [7, 11) is 3.38. The monoisotopic (exact) mass is 475 g/mol. The quantitative estimate of drug-likeness (QED) is 0.420. The van der Waals surface area contributed by atoms with Gasteiger partial charge in [0.05, 0.1) is 12.9 Å². The first-order valence-electron chi connectivity index (χ1n) is 8.49. The molecule has 1 aromatic heterocycles. The molecule has 0 aliphatic rings. The maximum Gasteiger partial charge on any atom is 0.269 e. The Bertz CT molecular complexity index is 1010. The molecular formula is C19H18BrN5O3S. The highest BCUT2D eigenvalue weighted by atomic mass is 79.9. The second-order valence-corrected chi connectivity index (χ2v) is 7.75. The van der Waals surface area contributed by atoms with Gasteiger partial charge < -0.3 is 9.30 Å². The molecule has 2 aromatic carbocycles. The number of methoxy groups -OCH3 is 1. The predicted octanol–water partition coefficient (Wildman–Crippen LogP) is 2.81. The largest absolute Gasteiger partial charge is 0.497 e. The highest BCUT2D eigenvalue weighted by Gasteiger charge is 2.13. The fraction of sp³-hybridized carbons (Fsp3) is 0.158. The van der Waals surface area contributed by atoms with Crippen molar-refractivity contribution < 1.29 is 14.3 Å². The van der Waals surface area contributed by atoms with Crippen LogP contribution in [0.25, 0.3) is 11.4 Å². The van der Waals surface area contributed by atoms with Crippen LogP contribution >= 0.6 is 27.7 Å². The zero-order valence-electron chi connectivity index (χ0n) is 15.7. The average molecular weight is 476 g/mol. The molecule has 150 valence electrons. The van der Waals surface area contributed by atoms with Gasteiger partial charge in [0.15, 0.2) is 11.0 Å². The first-order chi connectivity index (χ1) is 14.0. The third kappa shape index (κ3) is 5.36. The molecule has 0 atom stereocenters. The maximum absolute atomic E-state index is 12.1. The Balaban J connectivity index is 1.51. The molecule has 3 rings (SSSR count). The molecule has 0 saturated heterocycles. The first-order valence-corrected chi connectivity index (χ1v) is 10.3. The summed E-state index contributed by atoms with van der Waals surface area (Å²) in [4.78, 5) is 24.1. The number of benzene rings is 2. The number of ether oxygens (including phenoxy) is 1. The van der Waals surface area contributed by atoms with Gasteiger partial charge in [-0.1, -0.05) is 39.8 Å². The molecule has 0 radical (unpaired) electrons. The van der Waals surface area contributed by atoms with Crippen LogP contribution in [0, 0.1) is 0 Å². The topological polar surface area (TPSA) is 98.1 Å². The van der Waals surface area contributed by atoms with E-state index < -0.39 is 5.91 Å². The molecule has 2 amide bonds. The summed E-state index contributed by atoms with van der Waals surface area (Å²) in [6.07, 6.45) is 0. The second-order valence-electron chi connectivity index (χ2n) is 5.89. The van der Waals surface area contributed by atoms with Crippen LogP contribution in [0.3, 0.4) is 0 Å². The van der Waals surface area contributed by atoms with Crippen molar-refractivity contribution >= 4 is 39.5 Å². The highest BCUT2D eigenvalue weighted by molar-refractivity contribution is 9.10. The molecule has 3 aromatic rings. The molecule has 0 aliphatic carbocycles. The Morgan fingerprint density at radius 1 is 1.07 bits per heavy atom. The van der Waals surface area contributed by atoms with Crippen molar-refractivity contribution in [3.8, 4) is 17.1 Å². The van der Waals surface area contributed by atoms with Crippen molar-refractivity contribution in [3.05, 3.63) is 58.6 Å². The van der Waals surface area contributed by atoms with Crippen molar-refractivity contribution in [3.63, 3.8) is 0 Å². The number of aromatic nitrogens is 3. The van der Waals surface area contributed by atoms with Crippen LogP contribution in [-0.4, -0.2) is 39.4 Å². The second kappa shape index (κ2) is 9.57. The predicted molar refractivity (Wildman–Crippen MR) is 113 cm³/mol. The SMILES string of the molecule is COc1ccc(C(=O)NNC(=O)CSc2nnc(-c3ccc(Br)cc3)n2C)cc1. The summed E-state index contributed by atoms with van der Waals surface area (Å²) in [5.41, 5.74) is 6.11. The average Bonchev–Trinajstić information content (AvgIpc) is 3.11. The van der Waals surface area contributed by atoms with Gasteiger partial charge in [0.2, 0.25) is 5.91 Å². The summed E-state index contributed by atoms with van der Waals surface area (Å²) in [5.74, 6) is 0.656. The summed E-state index contributed by atoms with van der Waals surface area (Å²) in [6.45, 7) is 0. The number of nitrogens with one attached hydrogen (secondary N) is 2. The normalized spacial score (nSPS) is 10.4. The van der Waals surface area contributed by atoms with Gasteiger partial charge in [-0.15, -0.1) is 10.2 Å². The molecule has 29 heavy (non-hydrogen) atoms. The number of carbonyl (C=O) groups excluding carboxylic acids is 2. The van der Waals surface area contributed by atoms with E-state index in [0.717, 1.165) is 10.0 Å². The number of hydrogen-bond donors (Lipinski definition) is 2. The van der Waals surface area contributed by atoms with Crippen LogP contribution in [0.5, 0.6) is 5.75 Å². The van der Waals surface area contributed by atoms with E-state index in [1.165, 1.54) is 11.8 Å². The highest BCUT2D eigenvalue weighted by Crippen LogP contribution is 2.23. The van der Waals surface area contributed by atoms with Crippen LogP contribution < -0.4 is 15.6 Å². The Hall–Kier alpha value is -2.85. The van der Waals surface area contributed by atoms with E-state index in [1.807, 2.05) is 35.9 Å². The van der Waals surface area contributed by atoms with Gasteiger partial charge in [0.25, 0.3) is 5.91 Å². The molecule has 0 saturated carbocycles. The summed E-state index contributed by atoms with van der Waals surface area (Å²) in [5, 5.41) is 8.91. The molecule has 0 unspecified atom stereocenters. The lowest BCUT2D eigenvalue weighted by Crippen LogP contribution is -2.42. The van der Waals surface area contributed by atoms with Gasteiger partial charge in [0, 0.05) is 22.6 Å². The number of hydrazine groups is 1. The summed E-state index contributed by atoms with van der Waals surface area (Å²) >= 11 is 4.63. The summed E-state index contributed by atoms with van der Waals surface area (Å²) < 4.78 is 7.84. The Morgan fingerprint density at radius 3 is 2.41 bits per heavy atom. The molecule has 0 spiro atoms. The number of halogens is 1. The van der Waals surface area contributed by atoms with Gasteiger partial charge in [0.1, 0.15) is 5.75 Å². The minimum atomic E-state index is -0.415. The van der Waals surface area contributed by atoms with Crippen LogP contribution in [-0.2, 0) is 11.8 Å². The standard InChI is InChI=1S/C19H18BrN5O3S/c1-25-17(12-3-7-14(20)8-4-12)22-24-19(25)29-11-16(26)21-23-18(27)13-5-9-15(28-2)10-6-13/h3-10H,11H2,1-2H3,(H,21,26)(H,23,27). The van der Waals surface area contributed by atoms with E-state index in [1.54, 1.807) is 31.4 Å². The molecule has 0 bridgehead atoms. The molecule has 10 heteroatoms. The lowest BCUT2D eigenvalue weighted by molar-refractivity contribution is -0.119. The number of thioether (sulfide) groups is 1. The van der Waals surface area contributed by atoms with E-state index in [9.17, 15) is 9.59 Å². The van der Waals surface area contributed by atoms with Gasteiger partial charge in [-0.2, -0.15) is 0 Å². The number of nitrogens with zero attached hydrogens (tertiary/aromatic N) is 3. The number of hydrogen-bond acceptors (Lipinski definition) is 6. The van der Waals surface area contributed by atoms with Gasteiger partial charge >= 0.3 is 0 Å². The summed E-state index contributed by atoms with van der Waals surface area (Å²) in [6, 6.07) is 14.3. The van der Waals surface area contributed by atoms with Gasteiger partial charge in [-0.3, -0.25) is 20.4 Å². The molecule has 2 N–H and O–H groups in total. The van der Waals surface area contributed by atoms with Crippen molar-refractivity contribution in [1.82, 2.24) is 25.6 Å². The number of amides is 2. The minimum absolute atomic E-state index is 0.0786. The zero-order chi connectivity index (χ0) is 20.8. The molecule has 0 fully saturated rings. The first kappa shape index (κ1) is 20.9. The number of carbonyl (C=O) groups is 2. The smallest absolute Gasteiger partial charge is 0.269 e. The lowest BCUT2D eigenvalue weighted by Gasteiger charge is -2.08. The third-order valence-corrected chi connectivity index (χ3v) is 5.49. The van der Waals surface area contributed by atoms with E-state index in [-0.39, 0.29) is 11.7 Å². The Labute approximate surface area is 180 Å². The van der Waals surface area contributed by atoms with E-state index in [0.29, 0.717) is 22.3 Å². The molecule has 0 aliphatic heterocycles. The van der Waals surface area contributed by atoms with E-state index >= 15 is 0 Å². The lowest BCUT2D eigenvalue weighted by atomic mass is 10.2. The van der Waals surface area contributed by atoms with Crippen LogP contribution in [0.15, 0.2) is 58.2 Å². The van der Waals surface area contributed by atoms with Crippen molar-refractivity contribution in [1.29, 1.82) is 0 Å². The zero-order valence-corrected chi connectivity index (χ0v) is 18.1. The van der Waals surface area contributed by atoms with Crippen molar-refractivity contribution in [2.45, 2.75) is 5.16 Å². The number of rotatable bonds is 6. The van der Waals surface area contributed by atoms with Crippen LogP contribution in [0.4, 0.5) is 0 Å². The Kier molecular flexibility index (Phi) is 6.89. The fourth-order valence-electron chi connectivity index (χ4n) is 2.40. The van der Waals surface area contributed by atoms with Crippen LogP contribution in [0.1, 0.15) is 10.4 Å². The fourth-order valence-corrected chi connectivity index (χ4v) is 3.37. The van der Waals surface area contributed by atoms with Crippen molar-refractivity contribution in [2.75, 3.05) is 12.9 Å². The maximum atomic E-state index is 12.1. The van der Waals surface area contributed by atoms with E-state index in [2.05, 4.69) is 37.0 Å². The molecule has 1 heterocycles. The molecular weight excluding hydrogens is 458 g/mol. The van der Waals surface area contributed by atoms with Gasteiger partial charge in [-0.05, 0) is 36.4 Å².